The number of carbonyl (C=O) groups excluding carboxylic acids is 1. The van der Waals surface area contributed by atoms with Crippen LogP contribution >= 0.6 is 15.9 Å². The fourth-order valence-corrected chi connectivity index (χ4v) is 3.09. The summed E-state index contributed by atoms with van der Waals surface area (Å²) in [6, 6.07) is 11.6. The minimum absolute atomic E-state index is 0.328. The second-order valence-corrected chi connectivity index (χ2v) is 6.69. The highest BCUT2D eigenvalue weighted by molar-refractivity contribution is 9.10. The first-order chi connectivity index (χ1) is 12.1. The number of hydrogen-bond acceptors (Lipinski definition) is 4. The molecule has 1 aromatic heterocycles. The number of rotatable bonds is 4. The monoisotopic (exact) mass is 401 g/mol. The Bertz CT molecular complexity index is 954. The number of nitrogens with one attached hydrogen (secondary N) is 1. The van der Waals surface area contributed by atoms with Gasteiger partial charge >= 0.3 is 0 Å². The maximum Gasteiger partial charge on any atom is 0.256 e. The zero-order valence-electron chi connectivity index (χ0n) is 13.0. The molecule has 8 heteroatoms. The standard InChI is InChI=1S/C17H13BrFN5O/c18-15-9-11(19)4-7-14(15)17(25)20-12-3-1-2-10(8-12)16-21-22-23-24(16)13-5-6-13/h1-4,7-9,13H,5-6H2,(H,20,25). The number of amides is 1. The average Bonchev–Trinajstić information content (AvgIpc) is 3.31. The summed E-state index contributed by atoms with van der Waals surface area (Å²) in [6.07, 6.45) is 2.15. The van der Waals surface area contributed by atoms with Crippen LogP contribution in [0.15, 0.2) is 46.9 Å². The molecule has 6 nitrogen and oxygen atoms in total. The second-order valence-electron chi connectivity index (χ2n) is 5.84. The smallest absolute Gasteiger partial charge is 0.256 e. The quantitative estimate of drug-likeness (QED) is 0.720. The van der Waals surface area contributed by atoms with Crippen molar-refractivity contribution in [3.63, 3.8) is 0 Å². The molecule has 1 amide bonds. The third-order valence-electron chi connectivity index (χ3n) is 3.94. The molecule has 0 radical (unpaired) electrons. The van der Waals surface area contributed by atoms with Crippen molar-refractivity contribution in [3.05, 3.63) is 58.3 Å². The number of nitrogens with zero attached hydrogens (tertiary/aromatic N) is 4. The molecular formula is C17H13BrFN5O. The highest BCUT2D eigenvalue weighted by Crippen LogP contribution is 2.36. The van der Waals surface area contributed by atoms with E-state index in [1.165, 1.54) is 18.2 Å². The van der Waals surface area contributed by atoms with Crippen molar-refractivity contribution in [2.24, 2.45) is 0 Å². The van der Waals surface area contributed by atoms with Gasteiger partial charge in [-0.15, -0.1) is 5.10 Å². The van der Waals surface area contributed by atoms with Crippen molar-refractivity contribution in [3.8, 4) is 11.4 Å². The Balaban J connectivity index is 1.59. The van der Waals surface area contributed by atoms with Crippen LogP contribution in [0, 0.1) is 5.82 Å². The first-order valence-electron chi connectivity index (χ1n) is 7.76. The van der Waals surface area contributed by atoms with Crippen LogP contribution in [0.1, 0.15) is 29.2 Å². The molecule has 0 bridgehead atoms. The topological polar surface area (TPSA) is 72.7 Å². The Morgan fingerprint density at radius 3 is 2.84 bits per heavy atom. The van der Waals surface area contributed by atoms with Gasteiger partial charge in [-0.2, -0.15) is 0 Å². The van der Waals surface area contributed by atoms with Gasteiger partial charge in [0.2, 0.25) is 0 Å². The third kappa shape index (κ3) is 3.30. The third-order valence-corrected chi connectivity index (χ3v) is 4.60. The fourth-order valence-electron chi connectivity index (χ4n) is 2.56. The predicted octanol–water partition coefficient (Wildman–Crippen LogP) is 3.83. The maximum atomic E-state index is 13.2. The van der Waals surface area contributed by atoms with Crippen LogP contribution in [0.3, 0.4) is 0 Å². The van der Waals surface area contributed by atoms with Gasteiger partial charge in [-0.1, -0.05) is 12.1 Å². The molecule has 0 unspecified atom stereocenters. The Hall–Kier alpha value is -2.61. The van der Waals surface area contributed by atoms with Gasteiger partial charge in [-0.3, -0.25) is 4.79 Å². The molecule has 2 aromatic carbocycles. The highest BCUT2D eigenvalue weighted by atomic mass is 79.9. The molecule has 126 valence electrons. The highest BCUT2D eigenvalue weighted by Gasteiger charge is 2.28. The Kier molecular flexibility index (Phi) is 4.04. The lowest BCUT2D eigenvalue weighted by molar-refractivity contribution is 0.102. The van der Waals surface area contributed by atoms with E-state index in [1.807, 2.05) is 22.9 Å². The van der Waals surface area contributed by atoms with Crippen LogP contribution in [0.4, 0.5) is 10.1 Å². The first kappa shape index (κ1) is 15.9. The van der Waals surface area contributed by atoms with Crippen LogP contribution in [0.5, 0.6) is 0 Å². The minimum atomic E-state index is -0.405. The molecule has 25 heavy (non-hydrogen) atoms. The van der Waals surface area contributed by atoms with Gasteiger partial charge in [-0.05, 0) is 69.5 Å². The number of anilines is 1. The fraction of sp³-hybridized carbons (Fsp3) is 0.176. The Morgan fingerprint density at radius 1 is 1.24 bits per heavy atom. The Labute approximate surface area is 151 Å². The van der Waals surface area contributed by atoms with Gasteiger partial charge in [0.05, 0.1) is 11.6 Å². The summed E-state index contributed by atoms with van der Waals surface area (Å²) in [4.78, 5) is 12.4. The summed E-state index contributed by atoms with van der Waals surface area (Å²) in [5, 5.41) is 14.7. The van der Waals surface area contributed by atoms with Crippen molar-refractivity contribution >= 4 is 27.5 Å². The van der Waals surface area contributed by atoms with Crippen LogP contribution in [0.2, 0.25) is 0 Å². The normalized spacial score (nSPS) is 13.7. The molecule has 1 N–H and O–H groups in total. The molecular weight excluding hydrogens is 389 g/mol. The number of hydrogen-bond donors (Lipinski definition) is 1. The summed E-state index contributed by atoms with van der Waals surface area (Å²) in [5.74, 6) is -0.0512. The molecule has 1 heterocycles. The average molecular weight is 402 g/mol. The lowest BCUT2D eigenvalue weighted by atomic mass is 10.1. The van der Waals surface area contributed by atoms with Gasteiger partial charge in [-0.25, -0.2) is 9.07 Å². The van der Waals surface area contributed by atoms with Crippen LogP contribution in [0.25, 0.3) is 11.4 Å². The Morgan fingerprint density at radius 2 is 2.08 bits per heavy atom. The number of tetrazole rings is 1. The van der Waals surface area contributed by atoms with Crippen molar-refractivity contribution in [2.75, 3.05) is 5.32 Å². The number of aromatic nitrogens is 4. The molecule has 1 saturated carbocycles. The number of benzene rings is 2. The summed E-state index contributed by atoms with van der Waals surface area (Å²) in [6.45, 7) is 0. The van der Waals surface area contributed by atoms with E-state index in [0.717, 1.165) is 18.4 Å². The molecule has 0 spiro atoms. The molecule has 0 aliphatic heterocycles. The number of carbonyl (C=O) groups is 1. The summed E-state index contributed by atoms with van der Waals surface area (Å²) in [7, 11) is 0. The van der Waals surface area contributed by atoms with Gasteiger partial charge in [0, 0.05) is 15.7 Å². The molecule has 0 saturated heterocycles. The SMILES string of the molecule is O=C(Nc1cccc(-c2nnnn2C2CC2)c1)c1ccc(F)cc1Br. The van der Waals surface area contributed by atoms with E-state index in [2.05, 4.69) is 36.8 Å². The molecule has 1 fully saturated rings. The van der Waals surface area contributed by atoms with E-state index in [-0.39, 0.29) is 5.91 Å². The lowest BCUT2D eigenvalue weighted by Crippen LogP contribution is -2.12. The lowest BCUT2D eigenvalue weighted by Gasteiger charge is -2.09. The molecule has 1 aliphatic rings. The summed E-state index contributed by atoms with van der Waals surface area (Å²) < 4.78 is 15.4. The second kappa shape index (κ2) is 6.36. The van der Waals surface area contributed by atoms with Crippen LogP contribution in [-0.2, 0) is 0 Å². The van der Waals surface area contributed by atoms with Crippen molar-refractivity contribution in [2.45, 2.75) is 18.9 Å². The van der Waals surface area contributed by atoms with Crippen molar-refractivity contribution in [1.29, 1.82) is 0 Å². The minimum Gasteiger partial charge on any atom is -0.322 e. The zero-order valence-corrected chi connectivity index (χ0v) is 14.6. The molecule has 4 rings (SSSR count). The summed E-state index contributed by atoms with van der Waals surface area (Å²) in [5.41, 5.74) is 1.80. The van der Waals surface area contributed by atoms with E-state index in [0.29, 0.717) is 27.6 Å². The predicted molar refractivity (Wildman–Crippen MR) is 93.6 cm³/mol. The zero-order chi connectivity index (χ0) is 17.4. The van der Waals surface area contributed by atoms with E-state index in [4.69, 9.17) is 0 Å². The van der Waals surface area contributed by atoms with E-state index in [9.17, 15) is 9.18 Å². The molecule has 0 atom stereocenters. The first-order valence-corrected chi connectivity index (χ1v) is 8.56. The number of halogens is 2. The van der Waals surface area contributed by atoms with E-state index < -0.39 is 5.82 Å². The van der Waals surface area contributed by atoms with Crippen LogP contribution in [-0.4, -0.2) is 26.1 Å². The van der Waals surface area contributed by atoms with Gasteiger partial charge < -0.3 is 5.32 Å². The molecule has 1 aliphatic carbocycles. The largest absolute Gasteiger partial charge is 0.322 e. The summed E-state index contributed by atoms with van der Waals surface area (Å²) >= 11 is 3.21. The van der Waals surface area contributed by atoms with Crippen molar-refractivity contribution < 1.29 is 9.18 Å². The maximum absolute atomic E-state index is 13.2. The van der Waals surface area contributed by atoms with E-state index in [1.54, 1.807) is 6.07 Å². The van der Waals surface area contributed by atoms with Gasteiger partial charge in [0.25, 0.3) is 5.91 Å². The van der Waals surface area contributed by atoms with Crippen molar-refractivity contribution in [1.82, 2.24) is 20.2 Å². The van der Waals surface area contributed by atoms with E-state index >= 15 is 0 Å². The van der Waals surface area contributed by atoms with Gasteiger partial charge in [0.15, 0.2) is 5.82 Å². The molecule has 3 aromatic rings. The van der Waals surface area contributed by atoms with Crippen LogP contribution < -0.4 is 5.32 Å². The van der Waals surface area contributed by atoms with Gasteiger partial charge in [0.1, 0.15) is 5.82 Å².